The predicted octanol–water partition coefficient (Wildman–Crippen LogP) is 3.92. The highest BCUT2D eigenvalue weighted by Gasteiger charge is 2.35. The van der Waals surface area contributed by atoms with Gasteiger partial charge in [0.1, 0.15) is 5.82 Å². The van der Waals surface area contributed by atoms with E-state index in [2.05, 4.69) is 10.3 Å². The first-order chi connectivity index (χ1) is 9.32. The van der Waals surface area contributed by atoms with Gasteiger partial charge in [0.05, 0.1) is 6.04 Å². The Labute approximate surface area is 117 Å². The maximum absolute atomic E-state index is 13.6. The lowest BCUT2D eigenvalue weighted by molar-refractivity contribution is -0.137. The molecule has 0 saturated carbocycles. The molecule has 0 aliphatic rings. The van der Waals surface area contributed by atoms with Crippen LogP contribution in [-0.2, 0) is 6.18 Å². The molecule has 20 heavy (non-hydrogen) atoms. The largest absolute Gasteiger partial charge is 0.443 e. The second kappa shape index (κ2) is 5.49. The van der Waals surface area contributed by atoms with Gasteiger partial charge in [0.15, 0.2) is 5.01 Å². The third-order valence-corrected chi connectivity index (χ3v) is 3.98. The number of nitrogens with zero attached hydrogens (tertiary/aromatic N) is 1. The molecule has 1 unspecified atom stereocenters. The summed E-state index contributed by atoms with van der Waals surface area (Å²) in [4.78, 5) is 3.77. The van der Waals surface area contributed by atoms with Gasteiger partial charge in [0.2, 0.25) is 0 Å². The number of thiazole rings is 1. The topological polar surface area (TPSA) is 24.9 Å². The first-order valence-electron chi connectivity index (χ1n) is 5.79. The smallest absolute Gasteiger partial charge is 0.309 e. The third kappa shape index (κ3) is 2.99. The molecule has 1 N–H and O–H groups in total. The van der Waals surface area contributed by atoms with Crippen molar-refractivity contribution in [1.29, 1.82) is 0 Å². The Bertz CT molecular complexity index is 607. The second-order valence-electron chi connectivity index (χ2n) is 4.30. The molecule has 0 amide bonds. The molecule has 0 bridgehead atoms. The van der Waals surface area contributed by atoms with Crippen LogP contribution in [-0.4, -0.2) is 12.0 Å². The van der Waals surface area contributed by atoms with Gasteiger partial charge in [0, 0.05) is 11.1 Å². The van der Waals surface area contributed by atoms with Crippen LogP contribution in [0, 0.1) is 12.7 Å². The van der Waals surface area contributed by atoms with E-state index in [-0.39, 0.29) is 5.82 Å². The molecular formula is C13H12F4N2S. The number of benzene rings is 1. The average molecular weight is 304 g/mol. The van der Waals surface area contributed by atoms with E-state index in [1.807, 2.05) is 0 Å². The van der Waals surface area contributed by atoms with Crippen LogP contribution >= 0.6 is 11.3 Å². The van der Waals surface area contributed by atoms with E-state index in [0.717, 1.165) is 0 Å². The van der Waals surface area contributed by atoms with E-state index in [9.17, 15) is 17.6 Å². The normalized spacial score (nSPS) is 13.5. The van der Waals surface area contributed by atoms with Gasteiger partial charge in [-0.3, -0.25) is 0 Å². The molecule has 0 aliphatic heterocycles. The fourth-order valence-corrected chi connectivity index (χ4v) is 2.73. The number of hydrogen-bond acceptors (Lipinski definition) is 3. The summed E-state index contributed by atoms with van der Waals surface area (Å²) in [5.74, 6) is -0.386. The Morgan fingerprint density at radius 3 is 2.50 bits per heavy atom. The molecular weight excluding hydrogens is 292 g/mol. The van der Waals surface area contributed by atoms with Gasteiger partial charge in [0.25, 0.3) is 0 Å². The van der Waals surface area contributed by atoms with E-state index in [4.69, 9.17) is 0 Å². The number of hydrogen-bond donors (Lipinski definition) is 1. The minimum absolute atomic E-state index is 0.386. The molecule has 7 heteroatoms. The summed E-state index contributed by atoms with van der Waals surface area (Å²) < 4.78 is 51.2. The van der Waals surface area contributed by atoms with E-state index in [0.29, 0.717) is 27.3 Å². The zero-order valence-electron chi connectivity index (χ0n) is 10.8. The third-order valence-electron chi connectivity index (χ3n) is 2.87. The van der Waals surface area contributed by atoms with Crippen molar-refractivity contribution in [3.05, 3.63) is 51.2 Å². The monoisotopic (exact) mass is 304 g/mol. The summed E-state index contributed by atoms with van der Waals surface area (Å²) in [5.41, 5.74) is 1.05. The van der Waals surface area contributed by atoms with Gasteiger partial charge in [-0.15, -0.1) is 11.3 Å². The van der Waals surface area contributed by atoms with Crippen LogP contribution in [0.5, 0.6) is 0 Å². The lowest BCUT2D eigenvalue weighted by Gasteiger charge is -2.15. The molecule has 1 aromatic carbocycles. The van der Waals surface area contributed by atoms with Crippen LogP contribution in [0.2, 0.25) is 0 Å². The molecule has 0 aliphatic carbocycles. The highest BCUT2D eigenvalue weighted by molar-refractivity contribution is 7.11. The minimum Gasteiger partial charge on any atom is -0.309 e. The number of aromatic nitrogens is 1. The van der Waals surface area contributed by atoms with Crippen LogP contribution in [0.25, 0.3) is 0 Å². The molecule has 0 radical (unpaired) electrons. The van der Waals surface area contributed by atoms with Gasteiger partial charge in [-0.2, -0.15) is 13.2 Å². The minimum atomic E-state index is -4.46. The van der Waals surface area contributed by atoms with Gasteiger partial charge in [-0.1, -0.05) is 12.1 Å². The maximum atomic E-state index is 13.6. The average Bonchev–Trinajstić information content (AvgIpc) is 2.84. The van der Waals surface area contributed by atoms with Crippen molar-refractivity contribution >= 4 is 11.3 Å². The molecule has 1 aromatic heterocycles. The van der Waals surface area contributed by atoms with Gasteiger partial charge in [-0.25, -0.2) is 9.37 Å². The molecule has 0 spiro atoms. The molecule has 2 nitrogen and oxygen atoms in total. The lowest BCUT2D eigenvalue weighted by atomic mass is 10.0. The van der Waals surface area contributed by atoms with Crippen LogP contribution in [0.4, 0.5) is 17.6 Å². The lowest BCUT2D eigenvalue weighted by Crippen LogP contribution is -2.16. The van der Waals surface area contributed by atoms with Gasteiger partial charge >= 0.3 is 6.18 Å². The molecule has 108 valence electrons. The van der Waals surface area contributed by atoms with Crippen LogP contribution < -0.4 is 5.32 Å². The molecule has 2 aromatic rings. The second-order valence-corrected chi connectivity index (χ2v) is 5.36. The van der Waals surface area contributed by atoms with E-state index >= 15 is 0 Å². The number of rotatable bonds is 3. The first kappa shape index (κ1) is 14.9. The van der Waals surface area contributed by atoms with E-state index in [1.165, 1.54) is 12.3 Å². The first-order valence-corrected chi connectivity index (χ1v) is 6.61. The van der Waals surface area contributed by atoms with Crippen molar-refractivity contribution in [3.63, 3.8) is 0 Å². The van der Waals surface area contributed by atoms with Crippen molar-refractivity contribution in [2.24, 2.45) is 0 Å². The summed E-state index contributed by atoms with van der Waals surface area (Å²) in [6.07, 6.45) is -3.29. The quantitative estimate of drug-likeness (QED) is 0.869. The van der Waals surface area contributed by atoms with Crippen molar-refractivity contribution in [2.75, 3.05) is 7.05 Å². The highest BCUT2D eigenvalue weighted by Crippen LogP contribution is 2.36. The van der Waals surface area contributed by atoms with E-state index in [1.54, 1.807) is 26.1 Å². The Morgan fingerprint density at radius 1 is 1.30 bits per heavy atom. The Balaban J connectivity index is 2.37. The Hall–Kier alpha value is -1.47. The summed E-state index contributed by atoms with van der Waals surface area (Å²) in [7, 11) is 1.61. The summed E-state index contributed by atoms with van der Waals surface area (Å²) in [5, 5.41) is 1.98. The predicted molar refractivity (Wildman–Crippen MR) is 69.2 cm³/mol. The van der Waals surface area contributed by atoms with Crippen LogP contribution in [0.3, 0.4) is 0 Å². The standard InChI is InChI=1S/C13H12F4N2S/c1-7-3-4-8(5-9(7)14)11(18-2)10-6-19-12(20-10)13(15,16)17/h3-6,11,18H,1-2H3. The van der Waals surface area contributed by atoms with Gasteiger partial charge < -0.3 is 5.32 Å². The van der Waals surface area contributed by atoms with Crippen molar-refractivity contribution in [2.45, 2.75) is 19.1 Å². The van der Waals surface area contributed by atoms with Crippen molar-refractivity contribution in [1.82, 2.24) is 10.3 Å². The Morgan fingerprint density at radius 2 is 2.00 bits per heavy atom. The summed E-state index contributed by atoms with van der Waals surface area (Å²) in [6, 6.07) is 4.09. The fourth-order valence-electron chi connectivity index (χ4n) is 1.81. The van der Waals surface area contributed by atoms with Crippen LogP contribution in [0.15, 0.2) is 24.4 Å². The molecule has 0 saturated heterocycles. The zero-order chi connectivity index (χ0) is 14.9. The highest BCUT2D eigenvalue weighted by atomic mass is 32.1. The number of aryl methyl sites for hydroxylation is 1. The molecule has 2 rings (SSSR count). The molecule has 1 atom stereocenters. The van der Waals surface area contributed by atoms with E-state index < -0.39 is 17.2 Å². The zero-order valence-corrected chi connectivity index (χ0v) is 11.6. The maximum Gasteiger partial charge on any atom is 0.443 e. The molecule has 1 heterocycles. The van der Waals surface area contributed by atoms with Gasteiger partial charge in [-0.05, 0) is 31.2 Å². The summed E-state index contributed by atoms with van der Waals surface area (Å²) in [6.45, 7) is 1.63. The number of halogens is 4. The van der Waals surface area contributed by atoms with Crippen molar-refractivity contribution in [3.8, 4) is 0 Å². The number of alkyl halides is 3. The van der Waals surface area contributed by atoms with Crippen molar-refractivity contribution < 1.29 is 17.6 Å². The summed E-state index contributed by atoms with van der Waals surface area (Å²) >= 11 is 0.556. The van der Waals surface area contributed by atoms with Crippen LogP contribution in [0.1, 0.15) is 27.1 Å². The number of nitrogens with one attached hydrogen (secondary N) is 1. The molecule has 0 fully saturated rings. The SMILES string of the molecule is CNC(c1ccc(C)c(F)c1)c1cnc(C(F)(F)F)s1. The Kier molecular flexibility index (Phi) is 4.10. The fraction of sp³-hybridized carbons (Fsp3) is 0.308.